The van der Waals surface area contributed by atoms with Gasteiger partial charge in [-0.25, -0.2) is 19.6 Å². The van der Waals surface area contributed by atoms with Crippen LogP contribution in [0.15, 0.2) is 53.3 Å². The monoisotopic (exact) mass is 657 g/mol. The second kappa shape index (κ2) is 12.9. The largest absolute Gasteiger partial charge is 0.385 e. The maximum Gasteiger partial charge on any atom is 0.164 e. The fourth-order valence-corrected chi connectivity index (χ4v) is 7.44. The van der Waals surface area contributed by atoms with Crippen LogP contribution >= 0.6 is 15.9 Å². The van der Waals surface area contributed by atoms with Crippen LogP contribution in [0.5, 0.6) is 0 Å². The lowest BCUT2D eigenvalue weighted by molar-refractivity contribution is 0.0662. The van der Waals surface area contributed by atoms with E-state index in [1.165, 1.54) is 18.4 Å². The molecule has 5 aromatic rings. The zero-order chi connectivity index (χ0) is 30.0. The van der Waals surface area contributed by atoms with Crippen LogP contribution in [0.2, 0.25) is 0 Å². The van der Waals surface area contributed by atoms with E-state index in [0.717, 1.165) is 109 Å². The molecule has 0 spiro atoms. The van der Waals surface area contributed by atoms with Crippen molar-refractivity contribution in [2.75, 3.05) is 52.2 Å². The van der Waals surface area contributed by atoms with E-state index < -0.39 is 0 Å². The van der Waals surface area contributed by atoms with Crippen LogP contribution in [0.4, 0.5) is 5.82 Å². The molecule has 0 radical (unpaired) electrons. The van der Waals surface area contributed by atoms with Crippen LogP contribution in [0.1, 0.15) is 49.5 Å². The van der Waals surface area contributed by atoms with Gasteiger partial charge in [-0.2, -0.15) is 5.10 Å². The van der Waals surface area contributed by atoms with Crippen LogP contribution in [0.3, 0.4) is 0 Å². The number of halogens is 1. The number of H-pyrrole nitrogens is 1. The van der Waals surface area contributed by atoms with Crippen molar-refractivity contribution in [3.05, 3.63) is 64.7 Å². The number of methoxy groups -OCH3 is 1. The molecule has 3 N–H and O–H groups in total. The minimum absolute atomic E-state index is 0.289. The minimum Gasteiger partial charge on any atom is -0.385 e. The number of ether oxygens (including phenoxy) is 1. The second-order valence-electron chi connectivity index (χ2n) is 12.1. The maximum absolute atomic E-state index is 6.47. The van der Waals surface area contributed by atoms with E-state index in [0.29, 0.717) is 11.9 Å². The molecule has 0 bridgehead atoms. The molecule has 1 aliphatic heterocycles. The van der Waals surface area contributed by atoms with Crippen LogP contribution in [-0.2, 0) is 11.2 Å². The summed E-state index contributed by atoms with van der Waals surface area (Å²) in [7, 11) is 1.78. The topological polar surface area (TPSA) is 114 Å². The number of rotatable bonds is 9. The van der Waals surface area contributed by atoms with Crippen molar-refractivity contribution in [3.63, 3.8) is 0 Å². The molecule has 1 saturated carbocycles. The van der Waals surface area contributed by atoms with Crippen LogP contribution < -0.4 is 5.73 Å². The van der Waals surface area contributed by atoms with Gasteiger partial charge in [-0.1, -0.05) is 40.2 Å². The zero-order valence-corrected chi connectivity index (χ0v) is 26.8. The van der Waals surface area contributed by atoms with Crippen LogP contribution in [0.25, 0.3) is 33.3 Å². The van der Waals surface area contributed by atoms with Gasteiger partial charge >= 0.3 is 0 Å². The Hall–Kier alpha value is -3.38. The number of nitrogens with two attached hydrogens (primary N) is 1. The third-order valence-corrected chi connectivity index (χ3v) is 10.2. The molecule has 1 saturated heterocycles. The Morgan fingerprint density at radius 3 is 2.59 bits per heavy atom. The first-order valence-electron chi connectivity index (χ1n) is 15.7. The average Bonchev–Trinajstić information content (AvgIpc) is 3.64. The zero-order valence-electron chi connectivity index (χ0n) is 25.3. The van der Waals surface area contributed by atoms with Crippen molar-refractivity contribution < 1.29 is 4.74 Å². The van der Waals surface area contributed by atoms with E-state index in [-0.39, 0.29) is 6.04 Å². The molecule has 1 aliphatic carbocycles. The van der Waals surface area contributed by atoms with Crippen molar-refractivity contribution in [2.24, 2.45) is 0 Å². The summed E-state index contributed by atoms with van der Waals surface area (Å²) in [6, 6.07) is 15.4. The molecule has 2 aliphatic rings. The van der Waals surface area contributed by atoms with Gasteiger partial charge in [0.25, 0.3) is 0 Å². The average molecular weight is 659 g/mol. The van der Waals surface area contributed by atoms with Gasteiger partial charge in [-0.3, -0.25) is 4.90 Å². The number of anilines is 1. The summed E-state index contributed by atoms with van der Waals surface area (Å²) >= 11 is 3.66. The summed E-state index contributed by atoms with van der Waals surface area (Å²) in [5, 5.41) is 6.00. The second-order valence-corrected chi connectivity index (χ2v) is 13.0. The molecule has 2 fully saturated rings. The van der Waals surface area contributed by atoms with Gasteiger partial charge in [-0.15, -0.1) is 0 Å². The number of nitrogens with zero attached hydrogens (tertiary/aromatic N) is 7. The Balaban J connectivity index is 1.08. The van der Waals surface area contributed by atoms with Gasteiger partial charge in [-0.05, 0) is 55.9 Å². The molecule has 230 valence electrons. The molecule has 2 aromatic carbocycles. The summed E-state index contributed by atoms with van der Waals surface area (Å²) in [6.45, 7) is 6.59. The number of imidazole rings is 1. The number of piperazine rings is 1. The van der Waals surface area contributed by atoms with Crippen LogP contribution in [-0.4, -0.2) is 92.0 Å². The first-order chi connectivity index (χ1) is 21.6. The first-order valence-corrected chi connectivity index (χ1v) is 16.5. The lowest BCUT2D eigenvalue weighted by Gasteiger charge is -2.42. The molecule has 44 heavy (non-hydrogen) atoms. The Morgan fingerprint density at radius 1 is 1.00 bits per heavy atom. The third-order valence-electron chi connectivity index (χ3n) is 9.40. The van der Waals surface area contributed by atoms with Gasteiger partial charge in [0, 0.05) is 68.9 Å². The molecule has 0 atom stereocenters. The molecule has 3 aromatic heterocycles. The summed E-state index contributed by atoms with van der Waals surface area (Å²) in [6.07, 6.45) is 7.89. The molecular formula is C33H40BrN9O. The Bertz CT molecular complexity index is 1730. The number of fused-ring (bicyclic) bond motifs is 2. The fraction of sp³-hybridized carbons (Fsp3) is 0.455. The van der Waals surface area contributed by atoms with Gasteiger partial charge in [0.15, 0.2) is 5.65 Å². The van der Waals surface area contributed by atoms with Crippen molar-refractivity contribution >= 4 is 43.8 Å². The lowest BCUT2D eigenvalue weighted by Crippen LogP contribution is -2.51. The third kappa shape index (κ3) is 5.98. The molecule has 10 nitrogen and oxygen atoms in total. The highest BCUT2D eigenvalue weighted by Gasteiger charge is 2.31. The Labute approximate surface area is 266 Å². The van der Waals surface area contributed by atoms with Gasteiger partial charge in [0.2, 0.25) is 0 Å². The summed E-state index contributed by atoms with van der Waals surface area (Å²) in [5.74, 6) is 1.39. The first kappa shape index (κ1) is 29.3. The number of aromatic amines is 1. The van der Waals surface area contributed by atoms with Crippen LogP contribution in [0, 0.1) is 0 Å². The number of hydrogen-bond donors (Lipinski definition) is 2. The standard InChI is InChI=1S/C33H40BrN9O/c1-44-18-4-13-41-14-16-42(17-15-41)24-8-10-25(11-9-24)43-33-30(32(35)36-21-37-33)31(40-43)23-7-12-27-28(19-23)39-29(38-27)20-22-5-2-3-6-26(22)34/h2-3,5-7,12,19,21,24-25H,4,8-11,13-18,20H2,1H3,(H,38,39)(H2,35,36,37)/t24-,25-. The summed E-state index contributed by atoms with van der Waals surface area (Å²) in [4.78, 5) is 22.7. The summed E-state index contributed by atoms with van der Waals surface area (Å²) in [5.41, 5.74) is 12.2. The van der Waals surface area contributed by atoms with E-state index in [1.54, 1.807) is 13.4 Å². The molecule has 0 unspecified atom stereocenters. The number of nitrogens with one attached hydrogen (secondary N) is 1. The number of benzene rings is 2. The predicted molar refractivity (Wildman–Crippen MR) is 178 cm³/mol. The lowest BCUT2D eigenvalue weighted by atomic mass is 9.90. The van der Waals surface area contributed by atoms with E-state index in [9.17, 15) is 0 Å². The smallest absolute Gasteiger partial charge is 0.164 e. The van der Waals surface area contributed by atoms with E-state index in [4.69, 9.17) is 25.5 Å². The maximum atomic E-state index is 6.47. The van der Waals surface area contributed by atoms with E-state index >= 15 is 0 Å². The normalized spacial score (nSPS) is 20.1. The quantitative estimate of drug-likeness (QED) is 0.201. The van der Waals surface area contributed by atoms with Crippen molar-refractivity contribution in [3.8, 4) is 11.3 Å². The predicted octanol–water partition coefficient (Wildman–Crippen LogP) is 5.44. The molecule has 0 amide bonds. The molecule has 11 heteroatoms. The Morgan fingerprint density at radius 2 is 1.80 bits per heavy atom. The molecular weight excluding hydrogens is 618 g/mol. The van der Waals surface area contributed by atoms with Crippen molar-refractivity contribution in [2.45, 2.75) is 50.6 Å². The Kier molecular flexibility index (Phi) is 8.62. The molecule has 4 heterocycles. The van der Waals surface area contributed by atoms with E-state index in [2.05, 4.69) is 70.7 Å². The highest BCUT2D eigenvalue weighted by molar-refractivity contribution is 9.10. The minimum atomic E-state index is 0.289. The molecule has 7 rings (SSSR count). The SMILES string of the molecule is COCCCN1CCN([C@H]2CC[C@H](n3nc(-c4ccc5[nH]c(Cc6ccccc6Br)nc5c4)c4c(N)ncnc43)CC2)CC1. The highest BCUT2D eigenvalue weighted by Crippen LogP contribution is 2.37. The van der Waals surface area contributed by atoms with Crippen molar-refractivity contribution in [1.82, 2.24) is 39.5 Å². The fourth-order valence-electron chi connectivity index (χ4n) is 7.02. The summed E-state index contributed by atoms with van der Waals surface area (Å²) < 4.78 is 8.44. The van der Waals surface area contributed by atoms with E-state index in [1.807, 2.05) is 12.1 Å². The number of aromatic nitrogens is 6. The van der Waals surface area contributed by atoms with Gasteiger partial charge in [0.05, 0.1) is 22.5 Å². The number of hydrogen-bond acceptors (Lipinski definition) is 8. The number of nitrogen functional groups attached to an aromatic ring is 1. The van der Waals surface area contributed by atoms with Gasteiger partial charge in [0.1, 0.15) is 23.7 Å². The van der Waals surface area contributed by atoms with Crippen molar-refractivity contribution in [1.29, 1.82) is 0 Å². The van der Waals surface area contributed by atoms with Gasteiger partial charge < -0.3 is 20.4 Å². The highest BCUT2D eigenvalue weighted by atomic mass is 79.9.